The molecule has 0 aliphatic heterocycles. The second kappa shape index (κ2) is 6.01. The van der Waals surface area contributed by atoms with Gasteiger partial charge in [-0.15, -0.1) is 0 Å². The standard InChI is InChI=1S/C14H24N2O/c1-6-7-15-10-12-8-11(2)16-13(9-12)17-14(3,4)5/h8-9,15H,6-7,10H2,1-5H3. The van der Waals surface area contributed by atoms with Gasteiger partial charge in [0.05, 0.1) is 0 Å². The van der Waals surface area contributed by atoms with Crippen LogP contribution in [0.4, 0.5) is 0 Å². The fraction of sp³-hybridized carbons (Fsp3) is 0.643. The molecule has 1 aromatic rings. The molecule has 1 aromatic heterocycles. The van der Waals surface area contributed by atoms with Gasteiger partial charge >= 0.3 is 0 Å². The van der Waals surface area contributed by atoms with Crippen LogP contribution in [0.25, 0.3) is 0 Å². The topological polar surface area (TPSA) is 34.2 Å². The van der Waals surface area contributed by atoms with Crippen LogP contribution in [-0.4, -0.2) is 17.1 Å². The summed E-state index contributed by atoms with van der Waals surface area (Å²) in [6, 6.07) is 4.11. The quantitative estimate of drug-likeness (QED) is 0.798. The minimum Gasteiger partial charge on any atom is -0.472 e. The molecule has 1 heterocycles. The number of hydrogen-bond acceptors (Lipinski definition) is 3. The molecule has 0 radical (unpaired) electrons. The lowest BCUT2D eigenvalue weighted by Gasteiger charge is -2.21. The second-order valence-corrected chi connectivity index (χ2v) is 5.35. The predicted molar refractivity (Wildman–Crippen MR) is 71.4 cm³/mol. The first-order chi connectivity index (χ1) is 7.90. The highest BCUT2D eigenvalue weighted by atomic mass is 16.5. The molecular formula is C14H24N2O. The molecule has 0 spiro atoms. The summed E-state index contributed by atoms with van der Waals surface area (Å²) < 4.78 is 5.79. The van der Waals surface area contributed by atoms with Crippen LogP contribution >= 0.6 is 0 Å². The predicted octanol–water partition coefficient (Wildman–Crippen LogP) is 3.07. The van der Waals surface area contributed by atoms with Crippen molar-refractivity contribution in [3.63, 3.8) is 0 Å². The van der Waals surface area contributed by atoms with Gasteiger partial charge < -0.3 is 10.1 Å². The first kappa shape index (κ1) is 14.0. The molecule has 0 amide bonds. The molecular weight excluding hydrogens is 212 g/mol. The summed E-state index contributed by atoms with van der Waals surface area (Å²) in [5.41, 5.74) is 2.03. The van der Waals surface area contributed by atoms with Gasteiger partial charge in [-0.1, -0.05) is 6.92 Å². The van der Waals surface area contributed by atoms with E-state index in [-0.39, 0.29) is 5.60 Å². The Morgan fingerprint density at radius 3 is 2.59 bits per heavy atom. The van der Waals surface area contributed by atoms with E-state index in [0.717, 1.165) is 25.2 Å². The highest BCUT2D eigenvalue weighted by Gasteiger charge is 2.13. The van der Waals surface area contributed by atoms with E-state index in [1.807, 2.05) is 33.8 Å². The van der Waals surface area contributed by atoms with Crippen molar-refractivity contribution < 1.29 is 4.74 Å². The molecule has 0 bridgehead atoms. The minimum atomic E-state index is -0.199. The molecule has 3 nitrogen and oxygen atoms in total. The lowest BCUT2D eigenvalue weighted by molar-refractivity contribution is 0.124. The van der Waals surface area contributed by atoms with Crippen molar-refractivity contribution in [1.29, 1.82) is 0 Å². The SMILES string of the molecule is CCCNCc1cc(C)nc(OC(C)(C)C)c1. The number of aromatic nitrogens is 1. The molecule has 0 fully saturated rings. The zero-order chi connectivity index (χ0) is 12.9. The summed E-state index contributed by atoms with van der Waals surface area (Å²) in [5, 5.41) is 3.39. The summed E-state index contributed by atoms with van der Waals surface area (Å²) in [4.78, 5) is 4.40. The molecule has 1 rings (SSSR count). The second-order valence-electron chi connectivity index (χ2n) is 5.35. The third kappa shape index (κ3) is 5.68. The average Bonchev–Trinajstić information content (AvgIpc) is 2.14. The van der Waals surface area contributed by atoms with E-state index in [4.69, 9.17) is 4.74 Å². The van der Waals surface area contributed by atoms with E-state index in [1.165, 1.54) is 5.56 Å². The van der Waals surface area contributed by atoms with E-state index < -0.39 is 0 Å². The van der Waals surface area contributed by atoms with Crippen LogP contribution in [0, 0.1) is 6.92 Å². The maximum Gasteiger partial charge on any atom is 0.214 e. The zero-order valence-electron chi connectivity index (χ0n) is 11.6. The fourth-order valence-corrected chi connectivity index (χ4v) is 1.58. The van der Waals surface area contributed by atoms with Crippen LogP contribution in [0.1, 0.15) is 45.4 Å². The van der Waals surface area contributed by atoms with E-state index in [1.54, 1.807) is 0 Å². The molecule has 0 saturated carbocycles. The Kier molecular flexibility index (Phi) is 4.94. The molecule has 0 aliphatic rings. The van der Waals surface area contributed by atoms with Crippen LogP contribution in [0.3, 0.4) is 0 Å². The van der Waals surface area contributed by atoms with Crippen molar-refractivity contribution in [3.8, 4) is 5.88 Å². The summed E-state index contributed by atoms with van der Waals surface area (Å²) in [6.45, 7) is 12.2. The van der Waals surface area contributed by atoms with Crippen LogP contribution in [-0.2, 0) is 6.54 Å². The highest BCUT2D eigenvalue weighted by Crippen LogP contribution is 2.18. The molecule has 3 heteroatoms. The van der Waals surface area contributed by atoms with Gasteiger partial charge in [-0.3, -0.25) is 0 Å². The monoisotopic (exact) mass is 236 g/mol. The van der Waals surface area contributed by atoms with Crippen molar-refractivity contribution in [3.05, 3.63) is 23.4 Å². The van der Waals surface area contributed by atoms with Gasteiger partial charge in [0.2, 0.25) is 5.88 Å². The molecule has 17 heavy (non-hydrogen) atoms. The Morgan fingerprint density at radius 2 is 2.00 bits per heavy atom. The van der Waals surface area contributed by atoms with Crippen molar-refractivity contribution in [2.24, 2.45) is 0 Å². The Balaban J connectivity index is 2.72. The Labute approximate surface area is 105 Å². The summed E-state index contributed by atoms with van der Waals surface area (Å²) in [5.74, 6) is 0.714. The first-order valence-corrected chi connectivity index (χ1v) is 6.28. The van der Waals surface area contributed by atoms with Crippen molar-refractivity contribution in [2.75, 3.05) is 6.54 Å². The van der Waals surface area contributed by atoms with E-state index in [2.05, 4.69) is 23.3 Å². The van der Waals surface area contributed by atoms with Crippen LogP contribution < -0.4 is 10.1 Å². The van der Waals surface area contributed by atoms with E-state index >= 15 is 0 Å². The number of nitrogens with zero attached hydrogens (tertiary/aromatic N) is 1. The molecule has 0 saturated heterocycles. The first-order valence-electron chi connectivity index (χ1n) is 6.28. The maximum atomic E-state index is 5.79. The number of nitrogens with one attached hydrogen (secondary N) is 1. The lowest BCUT2D eigenvalue weighted by atomic mass is 10.2. The van der Waals surface area contributed by atoms with Crippen LogP contribution in [0.15, 0.2) is 12.1 Å². The molecule has 0 atom stereocenters. The Morgan fingerprint density at radius 1 is 1.29 bits per heavy atom. The van der Waals surface area contributed by atoms with Crippen LogP contribution in [0.5, 0.6) is 5.88 Å². The number of rotatable bonds is 5. The third-order valence-corrected chi connectivity index (χ3v) is 2.16. The maximum absolute atomic E-state index is 5.79. The van der Waals surface area contributed by atoms with Crippen LogP contribution in [0.2, 0.25) is 0 Å². The summed E-state index contributed by atoms with van der Waals surface area (Å²) in [7, 11) is 0. The largest absolute Gasteiger partial charge is 0.472 e. The van der Waals surface area contributed by atoms with E-state index in [0.29, 0.717) is 5.88 Å². The van der Waals surface area contributed by atoms with Crippen molar-refractivity contribution in [1.82, 2.24) is 10.3 Å². The average molecular weight is 236 g/mol. The molecule has 0 aliphatic carbocycles. The number of aryl methyl sites for hydroxylation is 1. The molecule has 0 aromatic carbocycles. The third-order valence-electron chi connectivity index (χ3n) is 2.16. The van der Waals surface area contributed by atoms with E-state index in [9.17, 15) is 0 Å². The summed E-state index contributed by atoms with van der Waals surface area (Å²) >= 11 is 0. The Hall–Kier alpha value is -1.09. The smallest absolute Gasteiger partial charge is 0.214 e. The fourth-order valence-electron chi connectivity index (χ4n) is 1.58. The van der Waals surface area contributed by atoms with Gasteiger partial charge in [0.1, 0.15) is 5.60 Å². The Bertz CT molecular complexity index is 356. The van der Waals surface area contributed by atoms with Gasteiger partial charge in [-0.2, -0.15) is 0 Å². The normalized spacial score (nSPS) is 11.6. The van der Waals surface area contributed by atoms with Gasteiger partial charge in [0, 0.05) is 18.3 Å². The van der Waals surface area contributed by atoms with Gasteiger partial charge in [0.25, 0.3) is 0 Å². The molecule has 0 unspecified atom stereocenters. The summed E-state index contributed by atoms with van der Waals surface area (Å²) in [6.07, 6.45) is 1.15. The van der Waals surface area contributed by atoms with Crippen molar-refractivity contribution in [2.45, 2.75) is 53.2 Å². The molecule has 1 N–H and O–H groups in total. The number of ether oxygens (including phenoxy) is 1. The minimum absolute atomic E-state index is 0.199. The number of hydrogen-bond donors (Lipinski definition) is 1. The van der Waals surface area contributed by atoms with Gasteiger partial charge in [-0.05, 0) is 52.3 Å². The highest BCUT2D eigenvalue weighted by molar-refractivity contribution is 5.25. The molecule has 96 valence electrons. The number of pyridine rings is 1. The zero-order valence-corrected chi connectivity index (χ0v) is 11.6. The van der Waals surface area contributed by atoms with Gasteiger partial charge in [0.15, 0.2) is 0 Å². The van der Waals surface area contributed by atoms with Gasteiger partial charge in [-0.25, -0.2) is 4.98 Å². The van der Waals surface area contributed by atoms with Crippen molar-refractivity contribution >= 4 is 0 Å². The lowest BCUT2D eigenvalue weighted by Crippen LogP contribution is -2.24.